The molecule has 0 N–H and O–H groups in total. The van der Waals surface area contributed by atoms with Crippen LogP contribution in [0.5, 0.6) is 0 Å². The third kappa shape index (κ3) is 4.57. The molecule has 1 heterocycles. The number of aryl methyl sites for hydroxylation is 1. The fraction of sp³-hybridized carbons (Fsp3) is 0.611. The molecule has 1 fully saturated rings. The average Bonchev–Trinajstić information content (AvgIpc) is 2.82. The summed E-state index contributed by atoms with van der Waals surface area (Å²) in [4.78, 5) is 14.2. The molecule has 1 aromatic carbocycles. The van der Waals surface area contributed by atoms with Crippen molar-refractivity contribution in [3.8, 4) is 0 Å². The summed E-state index contributed by atoms with van der Waals surface area (Å²) >= 11 is 0. The number of carbonyl (C=O) groups is 1. The molecule has 6 heteroatoms. The van der Waals surface area contributed by atoms with Crippen LogP contribution in [0.2, 0.25) is 0 Å². The van der Waals surface area contributed by atoms with Gasteiger partial charge in [-0.1, -0.05) is 32.4 Å². The molecule has 0 atom stereocenters. The number of nitrogens with zero attached hydrogens (tertiary/aromatic N) is 2. The molecular weight excluding hydrogens is 324 g/mol. The average molecular weight is 353 g/mol. The van der Waals surface area contributed by atoms with Crippen LogP contribution in [0.3, 0.4) is 0 Å². The van der Waals surface area contributed by atoms with E-state index in [1.54, 1.807) is 17.0 Å². The monoisotopic (exact) mass is 352 g/mol. The molecule has 0 spiro atoms. The molecular formula is C18H28N2O3S. The van der Waals surface area contributed by atoms with Crippen LogP contribution < -0.4 is 0 Å². The number of benzene rings is 1. The Bertz CT molecular complexity index is 641. The third-order valence-electron chi connectivity index (χ3n) is 4.37. The lowest BCUT2D eigenvalue weighted by Gasteiger charge is -2.22. The molecule has 5 nitrogen and oxygen atoms in total. The smallest absolute Gasteiger partial charge is 0.243 e. The molecule has 1 amide bonds. The van der Waals surface area contributed by atoms with Gasteiger partial charge in [0.1, 0.15) is 0 Å². The molecule has 1 aromatic rings. The molecule has 24 heavy (non-hydrogen) atoms. The van der Waals surface area contributed by atoms with Crippen molar-refractivity contribution >= 4 is 15.9 Å². The van der Waals surface area contributed by atoms with Crippen LogP contribution in [0, 0.1) is 0 Å². The molecule has 2 rings (SSSR count). The van der Waals surface area contributed by atoms with Crippen LogP contribution in [-0.2, 0) is 21.2 Å². The Labute approximate surface area is 145 Å². The van der Waals surface area contributed by atoms with Gasteiger partial charge in [0.25, 0.3) is 0 Å². The summed E-state index contributed by atoms with van der Waals surface area (Å²) in [7, 11) is -3.48. The molecule has 134 valence electrons. The normalized spacial score (nSPS) is 16.8. The van der Waals surface area contributed by atoms with Gasteiger partial charge in [0.05, 0.1) is 4.90 Å². The highest BCUT2D eigenvalue weighted by Crippen LogP contribution is 2.19. The second kappa shape index (κ2) is 8.62. The summed E-state index contributed by atoms with van der Waals surface area (Å²) in [5.74, 6) is 0.126. The molecule has 0 unspecified atom stereocenters. The Balaban J connectivity index is 2.08. The Kier molecular flexibility index (Phi) is 6.80. The van der Waals surface area contributed by atoms with Crippen molar-refractivity contribution in [1.82, 2.24) is 9.21 Å². The van der Waals surface area contributed by atoms with Gasteiger partial charge >= 0.3 is 0 Å². The number of sulfonamides is 1. The zero-order chi connectivity index (χ0) is 17.6. The lowest BCUT2D eigenvalue weighted by Crippen LogP contribution is -2.37. The standard InChI is InChI=1S/C18H28N2O3S/c1-3-6-16-8-10-17(11-9-16)24(22,23)20-13-5-12-19(14-15-20)18(21)7-4-2/h8-11H,3-7,12-15H2,1-2H3. The van der Waals surface area contributed by atoms with Crippen molar-refractivity contribution in [2.45, 2.75) is 50.8 Å². The Hall–Kier alpha value is -1.40. The summed E-state index contributed by atoms with van der Waals surface area (Å²) in [5.41, 5.74) is 1.16. The Morgan fingerprint density at radius 3 is 2.33 bits per heavy atom. The first-order chi connectivity index (χ1) is 11.5. The molecule has 1 aliphatic heterocycles. The lowest BCUT2D eigenvalue weighted by atomic mass is 10.1. The van der Waals surface area contributed by atoms with E-state index in [-0.39, 0.29) is 5.91 Å². The molecule has 0 aliphatic carbocycles. The second-order valence-corrected chi connectivity index (χ2v) is 8.22. The van der Waals surface area contributed by atoms with Crippen molar-refractivity contribution in [2.75, 3.05) is 26.2 Å². The molecule has 0 saturated carbocycles. The zero-order valence-corrected chi connectivity index (χ0v) is 15.5. The molecule has 1 aliphatic rings. The number of carbonyl (C=O) groups excluding carboxylic acids is 1. The van der Waals surface area contributed by atoms with Crippen molar-refractivity contribution in [1.29, 1.82) is 0 Å². The highest BCUT2D eigenvalue weighted by Gasteiger charge is 2.27. The van der Waals surface area contributed by atoms with Gasteiger partial charge in [-0.25, -0.2) is 8.42 Å². The van der Waals surface area contributed by atoms with E-state index in [2.05, 4.69) is 6.92 Å². The Morgan fingerprint density at radius 2 is 1.71 bits per heavy atom. The topological polar surface area (TPSA) is 57.7 Å². The third-order valence-corrected chi connectivity index (χ3v) is 6.28. The summed E-state index contributed by atoms with van der Waals surface area (Å²) < 4.78 is 27.2. The molecule has 0 bridgehead atoms. The van der Waals surface area contributed by atoms with Gasteiger partial charge in [0.2, 0.25) is 15.9 Å². The predicted molar refractivity (Wildman–Crippen MR) is 95.3 cm³/mol. The zero-order valence-electron chi connectivity index (χ0n) is 14.7. The summed E-state index contributed by atoms with van der Waals surface area (Å²) in [5, 5.41) is 0. The van der Waals surface area contributed by atoms with Gasteiger partial charge in [-0.3, -0.25) is 4.79 Å². The highest BCUT2D eigenvalue weighted by molar-refractivity contribution is 7.89. The van der Waals surface area contributed by atoms with Crippen LogP contribution >= 0.6 is 0 Å². The number of rotatable bonds is 6. The maximum atomic E-state index is 12.8. The van der Waals surface area contributed by atoms with E-state index in [9.17, 15) is 13.2 Å². The van der Waals surface area contributed by atoms with Crippen molar-refractivity contribution in [3.05, 3.63) is 29.8 Å². The van der Waals surface area contributed by atoms with E-state index in [1.807, 2.05) is 19.1 Å². The first kappa shape index (κ1) is 18.9. The quantitative estimate of drug-likeness (QED) is 0.791. The highest BCUT2D eigenvalue weighted by atomic mass is 32.2. The van der Waals surface area contributed by atoms with Gasteiger partial charge in [0, 0.05) is 32.6 Å². The van der Waals surface area contributed by atoms with Gasteiger partial charge < -0.3 is 4.90 Å². The van der Waals surface area contributed by atoms with Crippen molar-refractivity contribution in [2.24, 2.45) is 0 Å². The second-order valence-electron chi connectivity index (χ2n) is 6.28. The summed E-state index contributed by atoms with van der Waals surface area (Å²) in [6.45, 7) is 6.04. The minimum absolute atomic E-state index is 0.126. The minimum Gasteiger partial charge on any atom is -0.341 e. The number of hydrogen-bond donors (Lipinski definition) is 0. The number of hydrogen-bond acceptors (Lipinski definition) is 3. The maximum absolute atomic E-state index is 12.8. The maximum Gasteiger partial charge on any atom is 0.243 e. The predicted octanol–water partition coefficient (Wildman–Crippen LogP) is 2.66. The molecule has 0 radical (unpaired) electrons. The SMILES string of the molecule is CCCC(=O)N1CCCN(S(=O)(=O)c2ccc(CCC)cc2)CC1. The fourth-order valence-corrected chi connectivity index (χ4v) is 4.49. The number of amides is 1. The van der Waals surface area contributed by atoms with Crippen LogP contribution in [-0.4, -0.2) is 49.7 Å². The van der Waals surface area contributed by atoms with Crippen molar-refractivity contribution < 1.29 is 13.2 Å². The van der Waals surface area contributed by atoms with Gasteiger partial charge in [-0.2, -0.15) is 4.31 Å². The summed E-state index contributed by atoms with van der Waals surface area (Å²) in [6, 6.07) is 7.19. The van der Waals surface area contributed by atoms with E-state index in [4.69, 9.17) is 0 Å². The largest absolute Gasteiger partial charge is 0.341 e. The van der Waals surface area contributed by atoms with Crippen LogP contribution in [0.1, 0.15) is 45.1 Å². The van der Waals surface area contributed by atoms with E-state index >= 15 is 0 Å². The summed E-state index contributed by atoms with van der Waals surface area (Å²) in [6.07, 6.45) is 4.04. The van der Waals surface area contributed by atoms with E-state index in [0.717, 1.165) is 24.8 Å². The van der Waals surface area contributed by atoms with E-state index < -0.39 is 10.0 Å². The first-order valence-electron chi connectivity index (χ1n) is 8.86. The van der Waals surface area contributed by atoms with Crippen LogP contribution in [0.25, 0.3) is 0 Å². The van der Waals surface area contributed by atoms with Crippen LogP contribution in [0.4, 0.5) is 0 Å². The van der Waals surface area contributed by atoms with E-state index in [0.29, 0.717) is 43.9 Å². The molecule has 0 aromatic heterocycles. The lowest BCUT2D eigenvalue weighted by molar-refractivity contribution is -0.131. The first-order valence-corrected chi connectivity index (χ1v) is 10.3. The van der Waals surface area contributed by atoms with Crippen molar-refractivity contribution in [3.63, 3.8) is 0 Å². The van der Waals surface area contributed by atoms with Gasteiger partial charge in [-0.15, -0.1) is 0 Å². The Morgan fingerprint density at radius 1 is 1.00 bits per heavy atom. The van der Waals surface area contributed by atoms with Gasteiger partial charge in [-0.05, 0) is 37.0 Å². The van der Waals surface area contributed by atoms with Crippen LogP contribution in [0.15, 0.2) is 29.2 Å². The minimum atomic E-state index is -3.48. The fourth-order valence-electron chi connectivity index (χ4n) is 3.02. The van der Waals surface area contributed by atoms with E-state index in [1.165, 1.54) is 4.31 Å². The molecule has 1 saturated heterocycles. The van der Waals surface area contributed by atoms with Gasteiger partial charge in [0.15, 0.2) is 0 Å².